The number of nitrogens with zero attached hydrogens (tertiary/aromatic N) is 3. The van der Waals surface area contributed by atoms with Gasteiger partial charge in [0.05, 0.1) is 7.11 Å². The van der Waals surface area contributed by atoms with Crippen molar-refractivity contribution in [2.45, 2.75) is 6.92 Å². The second-order valence-electron chi connectivity index (χ2n) is 5.50. The fraction of sp³-hybridized carbons (Fsp3) is 0.176. The normalized spacial score (nSPS) is 18.5. The molecule has 1 aliphatic heterocycles. The highest BCUT2D eigenvalue weighted by Gasteiger charge is 2.46. The quantitative estimate of drug-likeness (QED) is 0.872. The number of amidine groups is 1. The van der Waals surface area contributed by atoms with Gasteiger partial charge < -0.3 is 4.74 Å². The highest BCUT2D eigenvalue weighted by Crippen LogP contribution is 2.44. The summed E-state index contributed by atoms with van der Waals surface area (Å²) < 4.78 is 5.10. The van der Waals surface area contributed by atoms with E-state index in [1.807, 2.05) is 6.07 Å². The Bertz CT molecular complexity index is 848. The van der Waals surface area contributed by atoms with Gasteiger partial charge in [0.15, 0.2) is 17.1 Å². The lowest BCUT2D eigenvalue weighted by molar-refractivity contribution is -0.111. The molecule has 122 valence electrons. The number of ether oxygens (including phenoxy) is 1. The maximum Gasteiger partial charge on any atom is 0.302 e. The predicted octanol–water partition coefficient (Wildman–Crippen LogP) is 2.00. The van der Waals surface area contributed by atoms with Gasteiger partial charge >= 0.3 is 5.84 Å². The van der Waals surface area contributed by atoms with E-state index in [4.69, 9.17) is 4.74 Å². The molecule has 1 aromatic heterocycles. The van der Waals surface area contributed by atoms with Gasteiger partial charge in [-0.1, -0.05) is 6.07 Å². The SMILES string of the molecule is COc1cccc2c1N=C(C(C)=O)[N+]2(C)NC(=O)c1ccncc1. The number of ketones is 1. The minimum Gasteiger partial charge on any atom is -0.494 e. The second kappa shape index (κ2) is 5.86. The minimum atomic E-state index is -0.329. The van der Waals surface area contributed by atoms with E-state index in [2.05, 4.69) is 15.4 Å². The van der Waals surface area contributed by atoms with Gasteiger partial charge in [0.2, 0.25) is 5.78 Å². The topological polar surface area (TPSA) is 80.6 Å². The number of benzene rings is 1. The van der Waals surface area contributed by atoms with Crippen molar-refractivity contribution in [3.05, 3.63) is 48.3 Å². The van der Waals surface area contributed by atoms with Gasteiger partial charge in [-0.2, -0.15) is 10.4 Å². The third kappa shape index (κ3) is 2.44. The largest absolute Gasteiger partial charge is 0.494 e. The molecule has 0 bridgehead atoms. The zero-order valence-electron chi connectivity index (χ0n) is 13.6. The highest BCUT2D eigenvalue weighted by atomic mass is 16.5. The molecule has 0 aliphatic carbocycles. The molecule has 0 saturated carbocycles. The number of fused-ring (bicyclic) bond motifs is 1. The van der Waals surface area contributed by atoms with Gasteiger partial charge in [0, 0.05) is 30.9 Å². The van der Waals surface area contributed by atoms with Crippen molar-refractivity contribution < 1.29 is 14.3 Å². The van der Waals surface area contributed by atoms with E-state index in [-0.39, 0.29) is 22.1 Å². The van der Waals surface area contributed by atoms with Crippen LogP contribution in [0, 0.1) is 0 Å². The lowest BCUT2D eigenvalue weighted by Crippen LogP contribution is -2.63. The van der Waals surface area contributed by atoms with E-state index in [0.717, 1.165) is 0 Å². The minimum absolute atomic E-state index is 0.219. The number of pyridine rings is 1. The molecule has 0 radical (unpaired) electrons. The van der Waals surface area contributed by atoms with Crippen LogP contribution in [0.25, 0.3) is 0 Å². The van der Waals surface area contributed by atoms with Crippen LogP contribution in [0.4, 0.5) is 11.4 Å². The first-order valence-electron chi connectivity index (χ1n) is 7.34. The molecular weight excluding hydrogens is 308 g/mol. The summed E-state index contributed by atoms with van der Waals surface area (Å²) in [6, 6.07) is 8.58. The molecule has 7 nitrogen and oxygen atoms in total. The molecule has 1 amide bonds. The van der Waals surface area contributed by atoms with Crippen LogP contribution >= 0.6 is 0 Å². The summed E-state index contributed by atoms with van der Waals surface area (Å²) in [5.41, 5.74) is 4.53. The van der Waals surface area contributed by atoms with Crippen LogP contribution < -0.4 is 14.8 Å². The molecule has 1 unspecified atom stereocenters. The molecule has 1 atom stereocenters. The molecule has 0 saturated heterocycles. The summed E-state index contributed by atoms with van der Waals surface area (Å²) in [7, 11) is 3.25. The Balaban J connectivity index is 2.07. The smallest absolute Gasteiger partial charge is 0.302 e. The molecule has 2 aromatic rings. The molecule has 1 aromatic carbocycles. The van der Waals surface area contributed by atoms with Crippen LogP contribution in [-0.4, -0.2) is 36.7 Å². The Morgan fingerprint density at radius 2 is 1.88 bits per heavy atom. The molecule has 1 N–H and O–H groups in total. The zero-order chi connectivity index (χ0) is 17.3. The van der Waals surface area contributed by atoms with Crippen LogP contribution in [0.15, 0.2) is 47.7 Å². The maximum absolute atomic E-state index is 12.6. The van der Waals surface area contributed by atoms with Gasteiger partial charge in [-0.15, -0.1) is 4.59 Å². The van der Waals surface area contributed by atoms with Crippen LogP contribution in [0.5, 0.6) is 5.75 Å². The third-order valence-corrected chi connectivity index (χ3v) is 3.90. The lowest BCUT2D eigenvalue weighted by Gasteiger charge is -2.28. The molecule has 3 rings (SSSR count). The fourth-order valence-electron chi connectivity index (χ4n) is 2.75. The Kier molecular flexibility index (Phi) is 3.86. The first kappa shape index (κ1) is 15.8. The Morgan fingerprint density at radius 3 is 2.50 bits per heavy atom. The van der Waals surface area contributed by atoms with Crippen molar-refractivity contribution in [3.63, 3.8) is 0 Å². The number of rotatable bonds is 4. The number of amides is 1. The van der Waals surface area contributed by atoms with E-state index in [9.17, 15) is 9.59 Å². The number of para-hydroxylation sites is 1. The third-order valence-electron chi connectivity index (χ3n) is 3.90. The van der Waals surface area contributed by atoms with Crippen LogP contribution in [0.2, 0.25) is 0 Å². The van der Waals surface area contributed by atoms with Crippen molar-refractivity contribution in [2.75, 3.05) is 14.2 Å². The van der Waals surface area contributed by atoms with Crippen molar-refractivity contribution >= 4 is 28.9 Å². The molecule has 0 fully saturated rings. The number of nitrogens with one attached hydrogen (secondary N) is 1. The summed E-state index contributed by atoms with van der Waals surface area (Å²) in [5, 5.41) is 0. The summed E-state index contributed by atoms with van der Waals surface area (Å²) in [5.74, 6) is 0.207. The van der Waals surface area contributed by atoms with Crippen LogP contribution in [0.1, 0.15) is 17.3 Å². The van der Waals surface area contributed by atoms with Gasteiger partial charge in [-0.25, -0.2) is 0 Å². The number of hydrogen-bond acceptors (Lipinski definition) is 5. The summed E-state index contributed by atoms with van der Waals surface area (Å²) in [6.45, 7) is 1.42. The Morgan fingerprint density at radius 1 is 1.17 bits per heavy atom. The average Bonchev–Trinajstić information content (AvgIpc) is 2.88. The number of likely N-dealkylation sites (N-methyl/N-ethyl adjacent to an activating group) is 1. The summed E-state index contributed by atoms with van der Waals surface area (Å²) in [6.07, 6.45) is 3.08. The number of hydrogen-bond donors (Lipinski definition) is 1. The van der Waals surface area contributed by atoms with Gasteiger partial charge in [-0.05, 0) is 18.2 Å². The van der Waals surface area contributed by atoms with Crippen molar-refractivity contribution in [3.8, 4) is 5.75 Å². The highest BCUT2D eigenvalue weighted by molar-refractivity contribution is 6.43. The van der Waals surface area contributed by atoms with E-state index < -0.39 is 0 Å². The first-order valence-corrected chi connectivity index (χ1v) is 7.34. The van der Waals surface area contributed by atoms with Gasteiger partial charge in [0.1, 0.15) is 7.05 Å². The van der Waals surface area contributed by atoms with E-state index >= 15 is 0 Å². The van der Waals surface area contributed by atoms with Crippen LogP contribution in [0.3, 0.4) is 0 Å². The molecule has 1 aliphatic rings. The molecule has 0 spiro atoms. The van der Waals surface area contributed by atoms with E-state index in [0.29, 0.717) is 22.7 Å². The van der Waals surface area contributed by atoms with Crippen molar-refractivity contribution in [1.82, 2.24) is 15.0 Å². The van der Waals surface area contributed by atoms with Gasteiger partial charge in [-0.3, -0.25) is 14.6 Å². The molecule has 7 heteroatoms. The first-order chi connectivity index (χ1) is 11.5. The Labute approximate surface area is 139 Å². The fourth-order valence-corrected chi connectivity index (χ4v) is 2.75. The van der Waals surface area contributed by atoms with Crippen molar-refractivity contribution in [2.24, 2.45) is 4.99 Å². The number of carbonyl (C=O) groups is 2. The maximum atomic E-state index is 12.6. The summed E-state index contributed by atoms with van der Waals surface area (Å²) >= 11 is 0. The number of Topliss-reactive ketones (excluding diaryl/α,β-unsaturated/α-hetero) is 1. The summed E-state index contributed by atoms with van der Waals surface area (Å²) in [4.78, 5) is 33.0. The number of carbonyl (C=O) groups excluding carboxylic acids is 2. The lowest BCUT2D eigenvalue weighted by atomic mass is 10.2. The predicted molar refractivity (Wildman–Crippen MR) is 90.2 cm³/mol. The zero-order valence-corrected chi connectivity index (χ0v) is 13.6. The molecule has 24 heavy (non-hydrogen) atoms. The number of aliphatic imine (C=N–C) groups is 1. The number of aromatic nitrogens is 1. The van der Waals surface area contributed by atoms with E-state index in [1.165, 1.54) is 26.4 Å². The number of methoxy groups -OCH3 is 1. The molecule has 2 heterocycles. The van der Waals surface area contributed by atoms with Crippen molar-refractivity contribution in [1.29, 1.82) is 0 Å². The second-order valence-corrected chi connectivity index (χ2v) is 5.50. The number of quaternary nitrogens is 1. The van der Waals surface area contributed by atoms with Gasteiger partial charge in [0.25, 0.3) is 5.91 Å². The Hall–Kier alpha value is -3.06. The van der Waals surface area contributed by atoms with Crippen LogP contribution in [-0.2, 0) is 4.79 Å². The molecular formula is C17H17N4O3+. The van der Waals surface area contributed by atoms with E-state index in [1.54, 1.807) is 31.3 Å². The average molecular weight is 325 g/mol. The monoisotopic (exact) mass is 325 g/mol. The standard InChI is InChI=1S/C17H16N4O3/c1-11(22)16-19-15-13(5-4-6-14(15)24-3)21(16,2)20-17(23)12-7-9-18-10-8-12/h4-10H,1-3H3/p+1.